The van der Waals surface area contributed by atoms with Crippen molar-refractivity contribution in [1.82, 2.24) is 14.8 Å². The average molecular weight is 324 g/mol. The van der Waals surface area contributed by atoms with Crippen LogP contribution in [0.15, 0.2) is 48.3 Å². The molecule has 1 saturated carbocycles. The zero-order valence-electron chi connectivity index (χ0n) is 14.7. The van der Waals surface area contributed by atoms with E-state index in [9.17, 15) is 4.79 Å². The van der Waals surface area contributed by atoms with E-state index in [1.54, 1.807) is 10.9 Å². The maximum Gasteiger partial charge on any atom is 0.229 e. The number of rotatable bonds is 5. The van der Waals surface area contributed by atoms with E-state index >= 15 is 0 Å². The van der Waals surface area contributed by atoms with Crippen LogP contribution in [-0.2, 0) is 11.3 Å². The van der Waals surface area contributed by atoms with Gasteiger partial charge < -0.3 is 5.32 Å². The lowest BCUT2D eigenvalue weighted by molar-refractivity contribution is -0.118. The highest BCUT2D eigenvalue weighted by Gasteiger charge is 2.60. The second-order valence-corrected chi connectivity index (χ2v) is 7.28. The van der Waals surface area contributed by atoms with E-state index < -0.39 is 0 Å². The standard InChI is InChI=1S/C19H24N4O/c1-13(2)11-15-17(19(15,3)4)18(24)21-16-8-10-23(22-16)12-14-7-5-6-9-20-14/h5-11,15,17H,12H2,1-4H3,(H,21,22,24)/t15-,17-/m0/s1. The van der Waals surface area contributed by atoms with Gasteiger partial charge in [0.25, 0.3) is 0 Å². The van der Waals surface area contributed by atoms with E-state index in [-0.39, 0.29) is 17.2 Å². The summed E-state index contributed by atoms with van der Waals surface area (Å²) in [6, 6.07) is 7.62. The highest BCUT2D eigenvalue weighted by atomic mass is 16.2. The summed E-state index contributed by atoms with van der Waals surface area (Å²) in [6.45, 7) is 9.01. The molecule has 0 aromatic carbocycles. The lowest BCUT2D eigenvalue weighted by Crippen LogP contribution is -2.17. The summed E-state index contributed by atoms with van der Waals surface area (Å²) in [5.41, 5.74) is 2.20. The van der Waals surface area contributed by atoms with E-state index in [0.717, 1.165) is 5.69 Å². The minimum absolute atomic E-state index is 0.00772. The third kappa shape index (κ3) is 3.40. The Morgan fingerprint density at radius 2 is 2.12 bits per heavy atom. The Morgan fingerprint density at radius 1 is 1.33 bits per heavy atom. The molecule has 0 radical (unpaired) electrons. The molecular formula is C19H24N4O. The van der Waals surface area contributed by atoms with Gasteiger partial charge in [0.1, 0.15) is 0 Å². The monoisotopic (exact) mass is 324 g/mol. The molecule has 1 N–H and O–H groups in total. The van der Waals surface area contributed by atoms with Crippen LogP contribution in [0.5, 0.6) is 0 Å². The molecule has 24 heavy (non-hydrogen) atoms. The minimum atomic E-state index is 0.00772. The van der Waals surface area contributed by atoms with Crippen LogP contribution in [0.3, 0.4) is 0 Å². The first-order valence-electron chi connectivity index (χ1n) is 8.27. The first-order chi connectivity index (χ1) is 11.4. The first-order valence-corrected chi connectivity index (χ1v) is 8.27. The lowest BCUT2D eigenvalue weighted by Gasteiger charge is -2.03. The number of nitrogens with zero attached hydrogens (tertiary/aromatic N) is 3. The van der Waals surface area contributed by atoms with Gasteiger partial charge in [-0.2, -0.15) is 5.10 Å². The van der Waals surface area contributed by atoms with E-state index in [4.69, 9.17) is 0 Å². The SMILES string of the molecule is CC(C)=C[C@H]1[C@@H](C(=O)Nc2ccn(Cc3ccccn3)n2)C1(C)C. The second-order valence-electron chi connectivity index (χ2n) is 7.28. The zero-order valence-corrected chi connectivity index (χ0v) is 14.7. The van der Waals surface area contributed by atoms with Crippen LogP contribution in [0.2, 0.25) is 0 Å². The van der Waals surface area contributed by atoms with Crippen molar-refractivity contribution in [2.75, 3.05) is 5.32 Å². The fraction of sp³-hybridized carbons (Fsp3) is 0.421. The van der Waals surface area contributed by atoms with E-state index in [1.807, 2.05) is 30.5 Å². The van der Waals surface area contributed by atoms with Crippen molar-refractivity contribution < 1.29 is 4.79 Å². The van der Waals surface area contributed by atoms with Crippen molar-refractivity contribution >= 4 is 11.7 Å². The molecule has 0 unspecified atom stereocenters. The van der Waals surface area contributed by atoms with Crippen molar-refractivity contribution in [3.05, 3.63) is 54.0 Å². The summed E-state index contributed by atoms with van der Waals surface area (Å²) in [5.74, 6) is 0.951. The Morgan fingerprint density at radius 3 is 2.79 bits per heavy atom. The lowest BCUT2D eigenvalue weighted by atomic mass is 10.1. The maximum absolute atomic E-state index is 12.5. The highest BCUT2D eigenvalue weighted by Crippen LogP contribution is 2.59. The largest absolute Gasteiger partial charge is 0.309 e. The highest BCUT2D eigenvalue weighted by molar-refractivity contribution is 5.95. The van der Waals surface area contributed by atoms with Gasteiger partial charge in [-0.1, -0.05) is 31.6 Å². The Balaban J connectivity index is 1.63. The van der Waals surface area contributed by atoms with Gasteiger partial charge >= 0.3 is 0 Å². The molecule has 1 aliphatic carbocycles. The number of hydrogen-bond donors (Lipinski definition) is 1. The molecule has 0 spiro atoms. The number of hydrogen-bond acceptors (Lipinski definition) is 3. The number of allylic oxidation sites excluding steroid dienone is 2. The van der Waals surface area contributed by atoms with Crippen LogP contribution in [0.25, 0.3) is 0 Å². The van der Waals surface area contributed by atoms with Gasteiger partial charge in [0.05, 0.1) is 18.2 Å². The molecule has 1 amide bonds. The molecule has 2 aromatic rings. The second kappa shape index (κ2) is 6.23. The molecule has 5 nitrogen and oxygen atoms in total. The summed E-state index contributed by atoms with van der Waals surface area (Å²) < 4.78 is 1.78. The minimum Gasteiger partial charge on any atom is -0.309 e. The van der Waals surface area contributed by atoms with Gasteiger partial charge in [-0.05, 0) is 37.3 Å². The summed E-state index contributed by atoms with van der Waals surface area (Å²) in [4.78, 5) is 16.8. The molecule has 2 aromatic heterocycles. The van der Waals surface area contributed by atoms with Gasteiger partial charge in [-0.15, -0.1) is 0 Å². The summed E-state index contributed by atoms with van der Waals surface area (Å²) in [6.07, 6.45) is 5.82. The quantitative estimate of drug-likeness (QED) is 0.856. The van der Waals surface area contributed by atoms with Crippen LogP contribution in [-0.4, -0.2) is 20.7 Å². The van der Waals surface area contributed by atoms with E-state index in [0.29, 0.717) is 18.3 Å². The van der Waals surface area contributed by atoms with Crippen molar-refractivity contribution in [1.29, 1.82) is 0 Å². The Bertz CT molecular complexity index is 757. The number of carbonyl (C=O) groups is 1. The molecule has 0 aliphatic heterocycles. The van der Waals surface area contributed by atoms with Crippen LogP contribution in [0.4, 0.5) is 5.82 Å². The number of aromatic nitrogens is 3. The third-order valence-electron chi connectivity index (χ3n) is 4.65. The fourth-order valence-corrected chi connectivity index (χ4v) is 3.23. The number of pyridine rings is 1. The van der Waals surface area contributed by atoms with Crippen molar-refractivity contribution in [2.45, 2.75) is 34.2 Å². The van der Waals surface area contributed by atoms with Crippen molar-refractivity contribution in [3.63, 3.8) is 0 Å². The maximum atomic E-state index is 12.5. The van der Waals surface area contributed by atoms with Crippen LogP contribution < -0.4 is 5.32 Å². The molecule has 1 fully saturated rings. The summed E-state index contributed by atoms with van der Waals surface area (Å²) >= 11 is 0. The molecule has 2 atom stereocenters. The predicted molar refractivity (Wildman–Crippen MR) is 94.4 cm³/mol. The Kier molecular flexibility index (Phi) is 4.26. The molecule has 0 bridgehead atoms. The molecule has 126 valence electrons. The summed E-state index contributed by atoms with van der Waals surface area (Å²) in [7, 11) is 0. The van der Waals surface area contributed by atoms with Crippen LogP contribution >= 0.6 is 0 Å². The van der Waals surface area contributed by atoms with Crippen molar-refractivity contribution in [3.8, 4) is 0 Å². The average Bonchev–Trinajstić information content (AvgIpc) is 2.83. The van der Waals surface area contributed by atoms with E-state index in [1.165, 1.54) is 5.57 Å². The first kappa shape index (κ1) is 16.4. The molecule has 0 saturated heterocycles. The van der Waals surface area contributed by atoms with Gasteiger partial charge in [0, 0.05) is 18.5 Å². The number of anilines is 1. The van der Waals surface area contributed by atoms with Gasteiger partial charge in [-0.25, -0.2) is 0 Å². The number of carbonyl (C=O) groups excluding carboxylic acids is 1. The molecule has 2 heterocycles. The molecule has 5 heteroatoms. The smallest absolute Gasteiger partial charge is 0.229 e. The number of nitrogens with one attached hydrogen (secondary N) is 1. The van der Waals surface area contributed by atoms with Gasteiger partial charge in [0.15, 0.2) is 5.82 Å². The van der Waals surface area contributed by atoms with Gasteiger partial charge in [0.2, 0.25) is 5.91 Å². The topological polar surface area (TPSA) is 59.8 Å². The summed E-state index contributed by atoms with van der Waals surface area (Å²) in [5, 5.41) is 7.37. The van der Waals surface area contributed by atoms with Crippen LogP contribution in [0.1, 0.15) is 33.4 Å². The third-order valence-corrected chi connectivity index (χ3v) is 4.65. The van der Waals surface area contributed by atoms with Crippen molar-refractivity contribution in [2.24, 2.45) is 17.3 Å². The molecule has 1 aliphatic rings. The fourth-order valence-electron chi connectivity index (χ4n) is 3.23. The number of amides is 1. The molecule has 3 rings (SSSR count). The van der Waals surface area contributed by atoms with Crippen LogP contribution in [0, 0.1) is 17.3 Å². The normalized spacial score (nSPS) is 21.2. The van der Waals surface area contributed by atoms with Gasteiger partial charge in [-0.3, -0.25) is 14.5 Å². The zero-order chi connectivity index (χ0) is 17.3. The van der Waals surface area contributed by atoms with E-state index in [2.05, 4.69) is 49.2 Å². The Labute approximate surface area is 142 Å². The Hall–Kier alpha value is -2.43. The predicted octanol–water partition coefficient (Wildman–Crippen LogP) is 3.50. The molecular weight excluding hydrogens is 300 g/mol.